The van der Waals surface area contributed by atoms with Crippen molar-refractivity contribution in [3.63, 3.8) is 0 Å². The Labute approximate surface area is 119 Å². The van der Waals surface area contributed by atoms with E-state index < -0.39 is 33.7 Å². The fourth-order valence-electron chi connectivity index (χ4n) is 2.19. The number of rotatable bonds is 2. The average Bonchev–Trinajstić information content (AvgIpc) is 2.64. The number of hydrogen-bond acceptors (Lipinski definition) is 4. The molecule has 0 bridgehead atoms. The van der Waals surface area contributed by atoms with Crippen LogP contribution in [0.4, 0.5) is 14.5 Å². The molecule has 1 aliphatic heterocycles. The van der Waals surface area contributed by atoms with Crippen molar-refractivity contribution >= 4 is 11.6 Å². The number of ether oxygens (including phenoxy) is 1. The Bertz CT molecular complexity index is 580. The van der Waals surface area contributed by atoms with Crippen molar-refractivity contribution in [2.75, 3.05) is 19.7 Å². The predicted molar refractivity (Wildman–Crippen MR) is 68.9 cm³/mol. The zero-order valence-corrected chi connectivity index (χ0v) is 11.3. The molecule has 2 rings (SSSR count). The number of nitro groups is 1. The van der Waals surface area contributed by atoms with E-state index in [-0.39, 0.29) is 12.6 Å². The number of carbonyl (C=O) groups excluding carboxylic acids is 1. The van der Waals surface area contributed by atoms with Crippen LogP contribution in [0.5, 0.6) is 0 Å². The Balaban J connectivity index is 2.30. The Morgan fingerprint density at radius 3 is 2.81 bits per heavy atom. The Morgan fingerprint density at radius 1 is 1.43 bits per heavy atom. The van der Waals surface area contributed by atoms with Crippen LogP contribution in [0.25, 0.3) is 0 Å². The Kier molecular flexibility index (Phi) is 4.46. The summed E-state index contributed by atoms with van der Waals surface area (Å²) in [5, 5.41) is 10.5. The molecular formula is C13H14F2N2O4. The molecule has 1 saturated heterocycles. The first-order chi connectivity index (χ1) is 9.90. The standard InChI is InChI=1S/C13H14F2N2O4/c1-8-7-16(3-2-4-21-8)13(18)9-5-11(15)12(17(19)20)6-10(9)14/h5-6,8H,2-4,7H2,1H3. The molecule has 1 heterocycles. The molecule has 1 fully saturated rings. The van der Waals surface area contributed by atoms with E-state index in [0.717, 1.165) is 0 Å². The van der Waals surface area contributed by atoms with Crippen LogP contribution in [0.1, 0.15) is 23.7 Å². The Hall–Kier alpha value is -2.09. The molecule has 1 amide bonds. The van der Waals surface area contributed by atoms with Crippen molar-refractivity contribution in [2.45, 2.75) is 19.4 Å². The molecular weight excluding hydrogens is 286 g/mol. The van der Waals surface area contributed by atoms with Crippen molar-refractivity contribution in [3.8, 4) is 0 Å². The van der Waals surface area contributed by atoms with Crippen LogP contribution in [0.2, 0.25) is 0 Å². The smallest absolute Gasteiger partial charge is 0.307 e. The van der Waals surface area contributed by atoms with Gasteiger partial charge in [0.15, 0.2) is 0 Å². The van der Waals surface area contributed by atoms with Crippen LogP contribution < -0.4 is 0 Å². The van der Waals surface area contributed by atoms with Gasteiger partial charge in [0.2, 0.25) is 5.82 Å². The van der Waals surface area contributed by atoms with Gasteiger partial charge in [-0.15, -0.1) is 0 Å². The number of nitro benzene ring substituents is 1. The highest BCUT2D eigenvalue weighted by Crippen LogP contribution is 2.23. The summed E-state index contributed by atoms with van der Waals surface area (Å²) in [5.41, 5.74) is -1.50. The lowest BCUT2D eigenvalue weighted by molar-refractivity contribution is -0.387. The van der Waals surface area contributed by atoms with Gasteiger partial charge >= 0.3 is 5.69 Å². The summed E-state index contributed by atoms with van der Waals surface area (Å²) in [5.74, 6) is -3.03. The quantitative estimate of drug-likeness (QED) is 0.619. The molecule has 21 heavy (non-hydrogen) atoms. The van der Waals surface area contributed by atoms with E-state index in [0.29, 0.717) is 31.7 Å². The lowest BCUT2D eigenvalue weighted by atomic mass is 10.1. The third kappa shape index (κ3) is 3.33. The van der Waals surface area contributed by atoms with Gasteiger partial charge in [0.1, 0.15) is 5.82 Å². The second-order valence-corrected chi connectivity index (χ2v) is 4.83. The maximum absolute atomic E-state index is 13.8. The van der Waals surface area contributed by atoms with Gasteiger partial charge in [-0.2, -0.15) is 4.39 Å². The second-order valence-electron chi connectivity index (χ2n) is 4.83. The van der Waals surface area contributed by atoms with Gasteiger partial charge < -0.3 is 9.64 Å². The molecule has 8 heteroatoms. The number of amides is 1. The minimum absolute atomic E-state index is 0.206. The maximum Gasteiger partial charge on any atom is 0.307 e. The molecule has 1 atom stereocenters. The lowest BCUT2D eigenvalue weighted by Crippen LogP contribution is -2.36. The molecule has 1 aromatic rings. The van der Waals surface area contributed by atoms with E-state index in [4.69, 9.17) is 4.74 Å². The fraction of sp³-hybridized carbons (Fsp3) is 0.462. The zero-order valence-electron chi connectivity index (χ0n) is 11.3. The van der Waals surface area contributed by atoms with Crippen LogP contribution in [-0.2, 0) is 4.74 Å². The van der Waals surface area contributed by atoms with Crippen molar-refractivity contribution in [1.82, 2.24) is 4.90 Å². The van der Waals surface area contributed by atoms with Gasteiger partial charge in [-0.3, -0.25) is 14.9 Å². The number of carbonyl (C=O) groups is 1. The van der Waals surface area contributed by atoms with E-state index in [1.807, 2.05) is 0 Å². The third-order valence-corrected chi connectivity index (χ3v) is 3.20. The van der Waals surface area contributed by atoms with Crippen LogP contribution >= 0.6 is 0 Å². The normalized spacial score (nSPS) is 19.2. The van der Waals surface area contributed by atoms with Crippen molar-refractivity contribution < 1.29 is 23.2 Å². The first kappa shape index (κ1) is 15.3. The maximum atomic E-state index is 13.8. The molecule has 0 saturated carbocycles. The molecule has 0 spiro atoms. The molecule has 1 aromatic carbocycles. The molecule has 6 nitrogen and oxygen atoms in total. The van der Waals surface area contributed by atoms with Gasteiger partial charge in [-0.1, -0.05) is 0 Å². The van der Waals surface area contributed by atoms with Crippen molar-refractivity contribution in [3.05, 3.63) is 39.4 Å². The average molecular weight is 300 g/mol. The van der Waals surface area contributed by atoms with E-state index >= 15 is 0 Å². The first-order valence-corrected chi connectivity index (χ1v) is 6.44. The van der Waals surface area contributed by atoms with E-state index in [2.05, 4.69) is 0 Å². The highest BCUT2D eigenvalue weighted by Gasteiger charge is 2.27. The number of benzene rings is 1. The summed E-state index contributed by atoms with van der Waals surface area (Å²) >= 11 is 0. The highest BCUT2D eigenvalue weighted by atomic mass is 19.1. The van der Waals surface area contributed by atoms with Crippen molar-refractivity contribution in [2.24, 2.45) is 0 Å². The van der Waals surface area contributed by atoms with E-state index in [9.17, 15) is 23.7 Å². The van der Waals surface area contributed by atoms with Gasteiger partial charge in [0.25, 0.3) is 5.91 Å². The molecule has 1 unspecified atom stereocenters. The topological polar surface area (TPSA) is 72.7 Å². The van der Waals surface area contributed by atoms with Crippen LogP contribution in [0.15, 0.2) is 12.1 Å². The lowest BCUT2D eigenvalue weighted by Gasteiger charge is -2.22. The molecule has 0 aromatic heterocycles. The number of nitrogens with zero attached hydrogens (tertiary/aromatic N) is 2. The molecule has 0 aliphatic carbocycles. The first-order valence-electron chi connectivity index (χ1n) is 6.44. The minimum Gasteiger partial charge on any atom is -0.377 e. The van der Waals surface area contributed by atoms with Gasteiger partial charge in [-0.25, -0.2) is 4.39 Å². The SMILES string of the molecule is CC1CN(C(=O)c2cc(F)c([N+](=O)[O-])cc2F)CCCO1. The summed E-state index contributed by atoms with van der Waals surface area (Å²) in [4.78, 5) is 23.1. The fourth-order valence-corrected chi connectivity index (χ4v) is 2.19. The van der Waals surface area contributed by atoms with Crippen LogP contribution in [0, 0.1) is 21.7 Å². The summed E-state index contributed by atoms with van der Waals surface area (Å²) in [7, 11) is 0. The molecule has 114 valence electrons. The highest BCUT2D eigenvalue weighted by molar-refractivity contribution is 5.94. The Morgan fingerprint density at radius 2 is 2.14 bits per heavy atom. The van der Waals surface area contributed by atoms with E-state index in [1.165, 1.54) is 4.90 Å². The van der Waals surface area contributed by atoms with E-state index in [1.54, 1.807) is 6.92 Å². The molecule has 0 N–H and O–H groups in total. The van der Waals surface area contributed by atoms with Crippen LogP contribution in [-0.4, -0.2) is 41.5 Å². The minimum atomic E-state index is -1.23. The summed E-state index contributed by atoms with van der Waals surface area (Å²) in [6.45, 7) is 2.89. The number of hydrogen-bond donors (Lipinski definition) is 0. The second kappa shape index (κ2) is 6.13. The summed E-state index contributed by atoms with van der Waals surface area (Å²) in [6.07, 6.45) is 0.384. The van der Waals surface area contributed by atoms with Gasteiger partial charge in [0.05, 0.1) is 22.7 Å². The predicted octanol–water partition coefficient (Wildman–Crippen LogP) is 2.12. The molecule has 1 aliphatic rings. The summed E-state index contributed by atoms with van der Waals surface area (Å²) < 4.78 is 32.8. The summed E-state index contributed by atoms with van der Waals surface area (Å²) in [6, 6.07) is 1.01. The van der Waals surface area contributed by atoms with Crippen LogP contribution in [0.3, 0.4) is 0 Å². The van der Waals surface area contributed by atoms with Gasteiger partial charge in [-0.05, 0) is 19.4 Å². The largest absolute Gasteiger partial charge is 0.377 e. The monoisotopic (exact) mass is 300 g/mol. The zero-order chi connectivity index (χ0) is 15.6. The third-order valence-electron chi connectivity index (χ3n) is 3.20. The van der Waals surface area contributed by atoms with Gasteiger partial charge in [0, 0.05) is 19.7 Å². The molecule has 0 radical (unpaired) electrons. The van der Waals surface area contributed by atoms with Crippen molar-refractivity contribution in [1.29, 1.82) is 0 Å². The number of halogens is 2.